The predicted octanol–water partition coefficient (Wildman–Crippen LogP) is 1.21. The first-order chi connectivity index (χ1) is 8.04. The van der Waals surface area contributed by atoms with Crippen LogP contribution in [0.15, 0.2) is 15.8 Å². The summed E-state index contributed by atoms with van der Waals surface area (Å²) >= 11 is 0. The molecule has 0 saturated carbocycles. The quantitative estimate of drug-likeness (QED) is 0.848. The molecule has 0 saturated heterocycles. The van der Waals surface area contributed by atoms with E-state index < -0.39 is 37.5 Å². The molecule has 0 aliphatic carbocycles. The number of nitrogens with one attached hydrogen (secondary N) is 1. The molecule has 0 atom stereocenters. The second-order valence-electron chi connectivity index (χ2n) is 2.85. The van der Waals surface area contributed by atoms with E-state index >= 15 is 0 Å². The Labute approximate surface area is 103 Å². The molecule has 11 heteroatoms. The van der Waals surface area contributed by atoms with E-state index in [9.17, 15) is 26.4 Å². The van der Waals surface area contributed by atoms with E-state index in [2.05, 4.69) is 9.47 Å². The number of alkyl halides is 3. The zero-order valence-corrected chi connectivity index (χ0v) is 10.1. The minimum absolute atomic E-state index is 0.353. The number of hydrogen-bond donors (Lipinski definition) is 1. The van der Waals surface area contributed by atoms with E-state index in [0.717, 1.165) is 7.11 Å². The first-order valence-corrected chi connectivity index (χ1v) is 6.37. The lowest BCUT2D eigenvalue weighted by Crippen LogP contribution is -2.21. The van der Waals surface area contributed by atoms with Gasteiger partial charge in [-0.2, -0.15) is 0 Å². The number of halogens is 4. The van der Waals surface area contributed by atoms with Crippen LogP contribution in [0.25, 0.3) is 0 Å². The van der Waals surface area contributed by atoms with E-state index in [1.807, 2.05) is 4.98 Å². The Morgan fingerprint density at radius 2 is 1.94 bits per heavy atom. The molecule has 0 aliphatic heterocycles. The van der Waals surface area contributed by atoms with Crippen LogP contribution in [-0.2, 0) is 9.05 Å². The highest BCUT2D eigenvalue weighted by Crippen LogP contribution is 2.36. The number of aromatic nitrogens is 1. The summed E-state index contributed by atoms with van der Waals surface area (Å²) in [4.78, 5) is 11.7. The molecule has 1 heterocycles. The van der Waals surface area contributed by atoms with Crippen molar-refractivity contribution >= 4 is 19.7 Å². The SMILES string of the molecule is COc1[nH]c(=O)cc(S(=O)(=O)Cl)c1OC(F)(F)F. The number of hydrogen-bond acceptors (Lipinski definition) is 5. The third-order valence-electron chi connectivity index (χ3n) is 1.61. The number of H-pyrrole nitrogens is 1. The van der Waals surface area contributed by atoms with Gasteiger partial charge in [-0.05, 0) is 0 Å². The predicted molar refractivity (Wildman–Crippen MR) is 53.3 cm³/mol. The van der Waals surface area contributed by atoms with Gasteiger partial charge in [0.15, 0.2) is 0 Å². The molecule has 1 aromatic heterocycles. The summed E-state index contributed by atoms with van der Waals surface area (Å²) in [5, 5.41) is 0. The van der Waals surface area contributed by atoms with Crippen LogP contribution in [0.2, 0.25) is 0 Å². The molecule has 102 valence electrons. The van der Waals surface area contributed by atoms with E-state index in [0.29, 0.717) is 6.07 Å². The standard InChI is InChI=1S/C7H5ClF3NO5S/c1-16-6-5(17-7(9,10)11)3(18(8,14)15)2-4(13)12-6/h2H,1H3,(H,12,13). The van der Waals surface area contributed by atoms with E-state index in [1.54, 1.807) is 0 Å². The van der Waals surface area contributed by atoms with Crippen molar-refractivity contribution in [2.75, 3.05) is 7.11 Å². The molecule has 1 rings (SSSR count). The van der Waals surface area contributed by atoms with Gasteiger partial charge in [-0.3, -0.25) is 9.78 Å². The monoisotopic (exact) mass is 307 g/mol. The Morgan fingerprint density at radius 3 is 2.33 bits per heavy atom. The van der Waals surface area contributed by atoms with Crippen LogP contribution < -0.4 is 15.0 Å². The fourth-order valence-corrected chi connectivity index (χ4v) is 1.99. The minimum Gasteiger partial charge on any atom is -0.480 e. The molecule has 0 bridgehead atoms. The Bertz CT molecular complexity index is 608. The normalized spacial score (nSPS) is 12.3. The molecule has 6 nitrogen and oxygen atoms in total. The third-order valence-corrected chi connectivity index (χ3v) is 2.94. The maximum absolute atomic E-state index is 12.1. The summed E-state index contributed by atoms with van der Waals surface area (Å²) in [5.41, 5.74) is -1.01. The van der Waals surface area contributed by atoms with Gasteiger partial charge >= 0.3 is 6.36 Å². The molecule has 0 spiro atoms. The lowest BCUT2D eigenvalue weighted by Gasteiger charge is -2.14. The van der Waals surface area contributed by atoms with Crippen LogP contribution in [0.4, 0.5) is 13.2 Å². The van der Waals surface area contributed by atoms with Crippen LogP contribution in [0.3, 0.4) is 0 Å². The fraction of sp³-hybridized carbons (Fsp3) is 0.286. The summed E-state index contributed by atoms with van der Waals surface area (Å²) in [6, 6.07) is 0.353. The van der Waals surface area contributed by atoms with Gasteiger partial charge in [0.1, 0.15) is 4.90 Å². The summed E-state index contributed by atoms with van der Waals surface area (Å²) in [5.74, 6) is -2.04. The molecule has 0 aromatic carbocycles. The minimum atomic E-state index is -5.18. The van der Waals surface area contributed by atoms with Crippen molar-refractivity contribution in [1.82, 2.24) is 4.98 Å². The Morgan fingerprint density at radius 1 is 1.39 bits per heavy atom. The van der Waals surface area contributed by atoms with E-state index in [4.69, 9.17) is 10.7 Å². The first kappa shape index (κ1) is 14.6. The number of aromatic amines is 1. The highest BCUT2D eigenvalue weighted by Gasteiger charge is 2.36. The average molecular weight is 308 g/mol. The van der Waals surface area contributed by atoms with Gasteiger partial charge in [-0.25, -0.2) is 8.42 Å². The van der Waals surface area contributed by atoms with E-state index in [1.165, 1.54) is 0 Å². The summed E-state index contributed by atoms with van der Waals surface area (Å²) < 4.78 is 66.4. The summed E-state index contributed by atoms with van der Waals surface area (Å²) in [7, 11) is 1.21. The first-order valence-electron chi connectivity index (χ1n) is 4.06. The van der Waals surface area contributed by atoms with Crippen LogP contribution in [0.1, 0.15) is 0 Å². The molecule has 0 aliphatic rings. The lowest BCUT2D eigenvalue weighted by molar-refractivity contribution is -0.276. The van der Waals surface area contributed by atoms with Crippen LogP contribution >= 0.6 is 10.7 Å². The van der Waals surface area contributed by atoms with Gasteiger partial charge in [0.05, 0.1) is 7.11 Å². The van der Waals surface area contributed by atoms with Gasteiger partial charge in [0.25, 0.3) is 14.6 Å². The fourth-order valence-electron chi connectivity index (χ4n) is 1.04. The van der Waals surface area contributed by atoms with Crippen LogP contribution in [0, 0.1) is 0 Å². The summed E-state index contributed by atoms with van der Waals surface area (Å²) in [6.07, 6.45) is -5.18. The van der Waals surface area contributed by atoms with Crippen molar-refractivity contribution in [2.24, 2.45) is 0 Å². The number of methoxy groups -OCH3 is 1. The molecular weight excluding hydrogens is 303 g/mol. The molecule has 1 N–H and O–H groups in total. The number of ether oxygens (including phenoxy) is 2. The van der Waals surface area contributed by atoms with Crippen molar-refractivity contribution in [3.05, 3.63) is 16.4 Å². The van der Waals surface area contributed by atoms with Crippen molar-refractivity contribution in [3.63, 3.8) is 0 Å². The maximum Gasteiger partial charge on any atom is 0.573 e. The van der Waals surface area contributed by atoms with Crippen LogP contribution in [0.5, 0.6) is 11.6 Å². The molecule has 1 aromatic rings. The van der Waals surface area contributed by atoms with Crippen LogP contribution in [-0.4, -0.2) is 26.9 Å². The molecule has 0 unspecified atom stereocenters. The Hall–Kier alpha value is -1.42. The number of rotatable bonds is 3. The Balaban J connectivity index is 3.59. The van der Waals surface area contributed by atoms with Crippen molar-refractivity contribution in [3.8, 4) is 11.6 Å². The molecule has 0 fully saturated rings. The topological polar surface area (TPSA) is 85.5 Å². The smallest absolute Gasteiger partial charge is 0.480 e. The van der Waals surface area contributed by atoms with Gasteiger partial charge in [0, 0.05) is 16.7 Å². The number of pyridine rings is 1. The zero-order chi connectivity index (χ0) is 14.1. The van der Waals surface area contributed by atoms with Gasteiger partial charge in [-0.15, -0.1) is 13.2 Å². The van der Waals surface area contributed by atoms with E-state index in [-0.39, 0.29) is 0 Å². The third kappa shape index (κ3) is 3.53. The maximum atomic E-state index is 12.1. The second-order valence-corrected chi connectivity index (χ2v) is 5.38. The van der Waals surface area contributed by atoms with Crippen molar-refractivity contribution in [1.29, 1.82) is 0 Å². The summed E-state index contributed by atoms with van der Waals surface area (Å²) in [6.45, 7) is 0. The Kier molecular flexibility index (Phi) is 3.81. The molecular formula is C7H5ClF3NO5S. The van der Waals surface area contributed by atoms with Crippen molar-refractivity contribution in [2.45, 2.75) is 11.3 Å². The second kappa shape index (κ2) is 4.69. The average Bonchev–Trinajstić information content (AvgIpc) is 2.16. The van der Waals surface area contributed by atoms with Gasteiger partial charge in [0.2, 0.25) is 11.6 Å². The molecule has 0 radical (unpaired) electrons. The zero-order valence-electron chi connectivity index (χ0n) is 8.54. The molecule has 18 heavy (non-hydrogen) atoms. The van der Waals surface area contributed by atoms with Gasteiger partial charge in [-0.1, -0.05) is 0 Å². The molecule has 0 amide bonds. The van der Waals surface area contributed by atoms with Crippen molar-refractivity contribution < 1.29 is 31.1 Å². The largest absolute Gasteiger partial charge is 0.573 e. The lowest BCUT2D eigenvalue weighted by atomic mass is 10.4. The highest BCUT2D eigenvalue weighted by atomic mass is 35.7. The highest BCUT2D eigenvalue weighted by molar-refractivity contribution is 8.13. The van der Waals surface area contributed by atoms with Gasteiger partial charge < -0.3 is 9.47 Å².